The van der Waals surface area contributed by atoms with Crippen LogP contribution in [0.2, 0.25) is 0 Å². The number of amides is 1. The summed E-state index contributed by atoms with van der Waals surface area (Å²) in [4.78, 5) is 15.4. The highest BCUT2D eigenvalue weighted by Gasteiger charge is 2.33. The Morgan fingerprint density at radius 3 is 2.55 bits per heavy atom. The van der Waals surface area contributed by atoms with Crippen molar-refractivity contribution in [2.75, 3.05) is 39.9 Å². The molecule has 22 heavy (non-hydrogen) atoms. The van der Waals surface area contributed by atoms with Crippen LogP contribution < -0.4 is 0 Å². The largest absolute Gasteiger partial charge is 0.416 e. The van der Waals surface area contributed by atoms with Crippen molar-refractivity contribution in [1.29, 1.82) is 0 Å². The number of carbonyl (C=O) groups is 1. The first-order valence-electron chi connectivity index (χ1n) is 7.07. The van der Waals surface area contributed by atoms with E-state index in [9.17, 15) is 18.0 Å². The highest BCUT2D eigenvalue weighted by atomic mass is 19.4. The molecule has 122 valence electrons. The van der Waals surface area contributed by atoms with Crippen LogP contribution in [0, 0.1) is 0 Å². The molecule has 0 N–H and O–H groups in total. The normalized spacial score (nSPS) is 16.1. The summed E-state index contributed by atoms with van der Waals surface area (Å²) in [5, 5.41) is 0. The fourth-order valence-corrected chi connectivity index (χ4v) is 2.43. The summed E-state index contributed by atoms with van der Waals surface area (Å²) < 4.78 is 44.0. The second-order valence-electron chi connectivity index (χ2n) is 5.32. The Morgan fingerprint density at radius 1 is 1.27 bits per heavy atom. The Labute approximate surface area is 127 Å². The van der Waals surface area contributed by atoms with E-state index >= 15 is 0 Å². The maximum Gasteiger partial charge on any atom is 0.416 e. The van der Waals surface area contributed by atoms with E-state index in [1.165, 1.54) is 12.1 Å². The zero-order valence-corrected chi connectivity index (χ0v) is 12.4. The molecular weight excluding hydrogens is 297 g/mol. The number of hydrogen-bond donors (Lipinski definition) is 0. The van der Waals surface area contributed by atoms with Crippen molar-refractivity contribution in [2.24, 2.45) is 0 Å². The van der Waals surface area contributed by atoms with E-state index in [0.717, 1.165) is 6.07 Å². The Balaban J connectivity index is 1.97. The Bertz CT molecular complexity index is 514. The summed E-state index contributed by atoms with van der Waals surface area (Å²) in [6.07, 6.45) is -4.38. The molecule has 1 saturated heterocycles. The summed E-state index contributed by atoms with van der Waals surface area (Å²) >= 11 is 0. The third-order valence-electron chi connectivity index (χ3n) is 3.53. The molecule has 1 fully saturated rings. The smallest absolute Gasteiger partial charge is 0.378 e. The molecule has 1 aromatic rings. The molecule has 0 atom stereocenters. The number of ether oxygens (including phenoxy) is 1. The molecule has 1 aromatic carbocycles. The van der Waals surface area contributed by atoms with Crippen LogP contribution in [-0.2, 0) is 22.3 Å². The van der Waals surface area contributed by atoms with Crippen LogP contribution in [0.4, 0.5) is 13.2 Å². The van der Waals surface area contributed by atoms with Crippen LogP contribution >= 0.6 is 0 Å². The number of halogens is 3. The first kappa shape index (κ1) is 16.8. The summed E-state index contributed by atoms with van der Waals surface area (Å²) in [6.45, 7) is 2.24. The lowest BCUT2D eigenvalue weighted by atomic mass is 10.1. The number of rotatable bonds is 4. The predicted molar refractivity (Wildman–Crippen MR) is 75.2 cm³/mol. The minimum Gasteiger partial charge on any atom is -0.378 e. The van der Waals surface area contributed by atoms with Crippen LogP contribution in [0.25, 0.3) is 0 Å². The standard InChI is InChI=1S/C15H19F3N2O2/c1-19(11-14(21)20-6-8-22-9-7-20)10-12-4-2-3-5-13(12)15(16,17)18/h2-5H,6-11H2,1H3. The highest BCUT2D eigenvalue weighted by Crippen LogP contribution is 2.32. The maximum atomic E-state index is 12.9. The van der Waals surface area contributed by atoms with Gasteiger partial charge in [0.05, 0.1) is 25.3 Å². The summed E-state index contributed by atoms with van der Waals surface area (Å²) in [6, 6.07) is 5.44. The number of hydrogen-bond acceptors (Lipinski definition) is 3. The van der Waals surface area contributed by atoms with Gasteiger partial charge in [-0.15, -0.1) is 0 Å². The van der Waals surface area contributed by atoms with Gasteiger partial charge in [-0.1, -0.05) is 18.2 Å². The van der Waals surface area contributed by atoms with E-state index < -0.39 is 11.7 Å². The fraction of sp³-hybridized carbons (Fsp3) is 0.533. The lowest BCUT2D eigenvalue weighted by Crippen LogP contribution is -2.45. The summed E-state index contributed by atoms with van der Waals surface area (Å²) in [5.41, 5.74) is -0.479. The second kappa shape index (κ2) is 7.11. The number of benzene rings is 1. The predicted octanol–water partition coefficient (Wildman–Crippen LogP) is 2.00. The molecular formula is C15H19F3N2O2. The molecule has 0 spiro atoms. The quantitative estimate of drug-likeness (QED) is 0.852. The van der Waals surface area contributed by atoms with Gasteiger partial charge in [-0.3, -0.25) is 9.69 Å². The first-order valence-corrected chi connectivity index (χ1v) is 7.07. The van der Waals surface area contributed by atoms with E-state index in [1.807, 2.05) is 0 Å². The van der Waals surface area contributed by atoms with Gasteiger partial charge in [0.2, 0.25) is 5.91 Å². The third-order valence-corrected chi connectivity index (χ3v) is 3.53. The van der Waals surface area contributed by atoms with Gasteiger partial charge in [-0.2, -0.15) is 13.2 Å². The van der Waals surface area contributed by atoms with Crippen molar-refractivity contribution in [1.82, 2.24) is 9.80 Å². The lowest BCUT2D eigenvalue weighted by molar-refractivity contribution is -0.138. The molecule has 1 aliphatic rings. The average molecular weight is 316 g/mol. The maximum absolute atomic E-state index is 12.9. The van der Waals surface area contributed by atoms with Crippen molar-refractivity contribution in [2.45, 2.75) is 12.7 Å². The monoisotopic (exact) mass is 316 g/mol. The molecule has 1 aliphatic heterocycles. The Kier molecular flexibility index (Phi) is 5.42. The van der Waals surface area contributed by atoms with E-state index in [2.05, 4.69) is 0 Å². The SMILES string of the molecule is CN(CC(=O)N1CCOCC1)Cc1ccccc1C(F)(F)F. The van der Waals surface area contributed by atoms with Gasteiger partial charge in [0.15, 0.2) is 0 Å². The van der Waals surface area contributed by atoms with E-state index in [0.29, 0.717) is 26.3 Å². The van der Waals surface area contributed by atoms with E-state index in [4.69, 9.17) is 4.74 Å². The number of carbonyl (C=O) groups excluding carboxylic acids is 1. The lowest BCUT2D eigenvalue weighted by Gasteiger charge is -2.29. The molecule has 0 radical (unpaired) electrons. The van der Waals surface area contributed by atoms with Crippen molar-refractivity contribution >= 4 is 5.91 Å². The van der Waals surface area contributed by atoms with Crippen LogP contribution in [0.1, 0.15) is 11.1 Å². The molecule has 4 nitrogen and oxygen atoms in total. The number of likely N-dealkylation sites (N-methyl/N-ethyl adjacent to an activating group) is 1. The average Bonchev–Trinajstić information content (AvgIpc) is 2.47. The van der Waals surface area contributed by atoms with Gasteiger partial charge in [-0.05, 0) is 18.7 Å². The van der Waals surface area contributed by atoms with Crippen molar-refractivity contribution in [3.05, 3.63) is 35.4 Å². The van der Waals surface area contributed by atoms with E-state index in [1.54, 1.807) is 22.9 Å². The highest BCUT2D eigenvalue weighted by molar-refractivity contribution is 5.78. The van der Waals surface area contributed by atoms with Crippen molar-refractivity contribution < 1.29 is 22.7 Å². The zero-order chi connectivity index (χ0) is 16.2. The van der Waals surface area contributed by atoms with Crippen molar-refractivity contribution in [3.63, 3.8) is 0 Å². The number of morpholine rings is 1. The number of alkyl halides is 3. The van der Waals surface area contributed by atoms with Gasteiger partial charge in [0.25, 0.3) is 0 Å². The van der Waals surface area contributed by atoms with Crippen LogP contribution in [-0.4, -0.2) is 55.6 Å². The van der Waals surface area contributed by atoms with Gasteiger partial charge in [-0.25, -0.2) is 0 Å². The first-order chi connectivity index (χ1) is 10.4. The fourth-order valence-electron chi connectivity index (χ4n) is 2.43. The molecule has 1 amide bonds. The third kappa shape index (κ3) is 4.45. The molecule has 1 heterocycles. The molecule has 0 aliphatic carbocycles. The van der Waals surface area contributed by atoms with Crippen LogP contribution in [0.3, 0.4) is 0 Å². The van der Waals surface area contributed by atoms with Crippen molar-refractivity contribution in [3.8, 4) is 0 Å². The van der Waals surface area contributed by atoms with Crippen LogP contribution in [0.15, 0.2) is 24.3 Å². The molecule has 2 rings (SSSR count). The molecule has 0 aromatic heterocycles. The minimum absolute atomic E-state index is 0.0752. The summed E-state index contributed by atoms with van der Waals surface area (Å²) in [5.74, 6) is -0.0877. The van der Waals surface area contributed by atoms with Gasteiger partial charge in [0.1, 0.15) is 0 Å². The molecule has 0 bridgehead atoms. The molecule has 0 unspecified atom stereocenters. The van der Waals surface area contributed by atoms with E-state index in [-0.39, 0.29) is 24.6 Å². The molecule has 0 saturated carbocycles. The van der Waals surface area contributed by atoms with Gasteiger partial charge < -0.3 is 9.64 Å². The molecule has 7 heteroatoms. The Hall–Kier alpha value is -1.60. The summed E-state index contributed by atoms with van der Waals surface area (Å²) in [7, 11) is 1.64. The van der Waals surface area contributed by atoms with Gasteiger partial charge in [0, 0.05) is 19.6 Å². The second-order valence-corrected chi connectivity index (χ2v) is 5.32. The topological polar surface area (TPSA) is 32.8 Å². The number of nitrogens with zero attached hydrogens (tertiary/aromatic N) is 2. The van der Waals surface area contributed by atoms with Crippen LogP contribution in [0.5, 0.6) is 0 Å². The van der Waals surface area contributed by atoms with Gasteiger partial charge >= 0.3 is 6.18 Å². The minimum atomic E-state index is -4.38. The zero-order valence-electron chi connectivity index (χ0n) is 12.4. The Morgan fingerprint density at radius 2 is 1.91 bits per heavy atom.